The minimum Gasteiger partial charge on any atom is -0.478 e. The van der Waals surface area contributed by atoms with Crippen LogP contribution in [-0.4, -0.2) is 25.6 Å². The van der Waals surface area contributed by atoms with Crippen molar-refractivity contribution < 1.29 is 9.90 Å². The van der Waals surface area contributed by atoms with Gasteiger partial charge in [0.2, 0.25) is 0 Å². The molecule has 0 saturated carbocycles. The first-order valence-electron chi connectivity index (χ1n) is 6.67. The van der Waals surface area contributed by atoms with Crippen molar-refractivity contribution in [2.75, 3.05) is 0 Å². The number of imidazole rings is 1. The molecule has 3 aromatic rings. The Labute approximate surface area is 125 Å². The van der Waals surface area contributed by atoms with E-state index < -0.39 is 5.97 Å². The van der Waals surface area contributed by atoms with Gasteiger partial charge in [-0.15, -0.1) is 11.3 Å². The van der Waals surface area contributed by atoms with E-state index in [-0.39, 0.29) is 11.5 Å². The second-order valence-electron chi connectivity index (χ2n) is 5.17. The lowest BCUT2D eigenvalue weighted by molar-refractivity contribution is 0.0699. The third kappa shape index (κ3) is 2.42. The van der Waals surface area contributed by atoms with Gasteiger partial charge in [0.15, 0.2) is 0 Å². The monoisotopic (exact) mass is 301 g/mol. The van der Waals surface area contributed by atoms with E-state index >= 15 is 0 Å². The number of rotatable bonds is 4. The van der Waals surface area contributed by atoms with Crippen LogP contribution < -0.4 is 0 Å². The molecule has 108 valence electrons. The smallest absolute Gasteiger partial charge is 0.337 e. The van der Waals surface area contributed by atoms with Crippen molar-refractivity contribution in [2.45, 2.75) is 26.3 Å². The lowest BCUT2D eigenvalue weighted by Gasteiger charge is -2.09. The van der Waals surface area contributed by atoms with E-state index in [1.165, 1.54) is 0 Å². The molecule has 0 aliphatic heterocycles. The normalized spacial score (nSPS) is 11.4. The lowest BCUT2D eigenvalue weighted by atomic mass is 10.2. The molecular formula is C15H15N3O2S. The molecule has 0 atom stereocenters. The standard InChI is InChI=1S/C15H15N3O2S/c1-9(2)14-17-13-11(15(19)20)4-3-5-12(13)18(14)6-10-7-21-8-16-10/h3-5,7-9H,6H2,1-2H3,(H,19,20). The first-order valence-corrected chi connectivity index (χ1v) is 7.61. The van der Waals surface area contributed by atoms with Gasteiger partial charge in [-0.2, -0.15) is 0 Å². The summed E-state index contributed by atoms with van der Waals surface area (Å²) in [5, 5.41) is 11.3. The summed E-state index contributed by atoms with van der Waals surface area (Å²) in [5.41, 5.74) is 4.38. The summed E-state index contributed by atoms with van der Waals surface area (Å²) in [6, 6.07) is 5.26. The van der Waals surface area contributed by atoms with E-state index in [0.29, 0.717) is 12.1 Å². The highest BCUT2D eigenvalue weighted by Gasteiger charge is 2.19. The number of carbonyl (C=O) groups is 1. The minimum atomic E-state index is -0.950. The molecule has 0 amide bonds. The van der Waals surface area contributed by atoms with Gasteiger partial charge in [-0.3, -0.25) is 0 Å². The van der Waals surface area contributed by atoms with E-state index in [2.05, 4.69) is 28.4 Å². The fourth-order valence-corrected chi connectivity index (χ4v) is 2.97. The van der Waals surface area contributed by atoms with Gasteiger partial charge in [0, 0.05) is 11.3 Å². The van der Waals surface area contributed by atoms with Crippen LogP contribution in [0.4, 0.5) is 0 Å². The molecule has 1 N–H and O–H groups in total. The molecule has 5 nitrogen and oxygen atoms in total. The number of aromatic nitrogens is 3. The van der Waals surface area contributed by atoms with Gasteiger partial charge >= 0.3 is 5.97 Å². The Morgan fingerprint density at radius 3 is 2.86 bits per heavy atom. The zero-order valence-corrected chi connectivity index (χ0v) is 12.6. The van der Waals surface area contributed by atoms with E-state index in [9.17, 15) is 9.90 Å². The summed E-state index contributed by atoms with van der Waals surface area (Å²) in [4.78, 5) is 20.2. The Morgan fingerprint density at radius 2 is 2.24 bits per heavy atom. The molecule has 0 saturated heterocycles. The predicted molar refractivity (Wildman–Crippen MR) is 82.0 cm³/mol. The maximum atomic E-state index is 11.4. The molecule has 0 spiro atoms. The fourth-order valence-electron chi connectivity index (χ4n) is 2.42. The highest BCUT2D eigenvalue weighted by atomic mass is 32.1. The quantitative estimate of drug-likeness (QED) is 0.802. The molecule has 6 heteroatoms. The summed E-state index contributed by atoms with van der Waals surface area (Å²) in [6.07, 6.45) is 0. The van der Waals surface area contributed by atoms with Gasteiger partial charge in [0.05, 0.1) is 28.8 Å². The van der Waals surface area contributed by atoms with Crippen LogP contribution >= 0.6 is 11.3 Å². The van der Waals surface area contributed by atoms with Crippen LogP contribution in [0.25, 0.3) is 11.0 Å². The second kappa shape index (κ2) is 5.29. The summed E-state index contributed by atoms with van der Waals surface area (Å²) in [7, 11) is 0. The summed E-state index contributed by atoms with van der Waals surface area (Å²) < 4.78 is 2.06. The molecule has 0 fully saturated rings. The first-order chi connectivity index (χ1) is 10.1. The van der Waals surface area contributed by atoms with Gasteiger partial charge < -0.3 is 9.67 Å². The number of aromatic carboxylic acids is 1. The molecule has 0 unspecified atom stereocenters. The van der Waals surface area contributed by atoms with E-state index in [1.807, 2.05) is 11.4 Å². The van der Waals surface area contributed by atoms with Crippen molar-refractivity contribution in [2.24, 2.45) is 0 Å². The van der Waals surface area contributed by atoms with Gasteiger partial charge in [-0.05, 0) is 12.1 Å². The Balaban J connectivity index is 2.23. The number of carboxylic acid groups (broad SMARTS) is 1. The maximum absolute atomic E-state index is 11.4. The van der Waals surface area contributed by atoms with Crippen LogP contribution in [0.3, 0.4) is 0 Å². The first kappa shape index (κ1) is 13.8. The number of para-hydroxylation sites is 1. The van der Waals surface area contributed by atoms with Crippen molar-refractivity contribution >= 4 is 28.3 Å². The van der Waals surface area contributed by atoms with E-state index in [4.69, 9.17) is 0 Å². The van der Waals surface area contributed by atoms with Crippen molar-refractivity contribution in [3.05, 3.63) is 46.2 Å². The van der Waals surface area contributed by atoms with E-state index in [0.717, 1.165) is 17.0 Å². The van der Waals surface area contributed by atoms with Crippen molar-refractivity contribution in [3.8, 4) is 0 Å². The number of thiazole rings is 1. The lowest BCUT2D eigenvalue weighted by Crippen LogP contribution is -2.06. The Kier molecular flexibility index (Phi) is 3.47. The maximum Gasteiger partial charge on any atom is 0.337 e. The van der Waals surface area contributed by atoms with Crippen LogP contribution in [0.15, 0.2) is 29.1 Å². The summed E-state index contributed by atoms with van der Waals surface area (Å²) in [5.74, 6) is 0.138. The van der Waals surface area contributed by atoms with Crippen molar-refractivity contribution in [1.82, 2.24) is 14.5 Å². The van der Waals surface area contributed by atoms with Crippen LogP contribution in [0, 0.1) is 0 Å². The zero-order valence-electron chi connectivity index (χ0n) is 11.8. The van der Waals surface area contributed by atoms with Crippen LogP contribution in [0.1, 0.15) is 41.6 Å². The molecule has 0 aliphatic carbocycles. The molecule has 0 radical (unpaired) electrons. The number of nitrogens with zero attached hydrogens (tertiary/aromatic N) is 3. The van der Waals surface area contributed by atoms with Crippen molar-refractivity contribution in [1.29, 1.82) is 0 Å². The molecular weight excluding hydrogens is 286 g/mol. The second-order valence-corrected chi connectivity index (χ2v) is 5.89. The average molecular weight is 301 g/mol. The van der Waals surface area contributed by atoms with Crippen LogP contribution in [0.5, 0.6) is 0 Å². The van der Waals surface area contributed by atoms with Gasteiger partial charge in [-0.25, -0.2) is 14.8 Å². The Morgan fingerprint density at radius 1 is 1.43 bits per heavy atom. The highest BCUT2D eigenvalue weighted by Crippen LogP contribution is 2.25. The molecule has 0 bridgehead atoms. The van der Waals surface area contributed by atoms with Crippen LogP contribution in [0.2, 0.25) is 0 Å². The number of hydrogen-bond acceptors (Lipinski definition) is 4. The Bertz CT molecular complexity index is 791. The SMILES string of the molecule is CC(C)c1nc2c(C(=O)O)cccc2n1Cc1cscn1. The number of carboxylic acids is 1. The summed E-state index contributed by atoms with van der Waals surface area (Å²) in [6.45, 7) is 4.72. The van der Waals surface area contributed by atoms with Crippen molar-refractivity contribution in [3.63, 3.8) is 0 Å². The molecule has 2 aromatic heterocycles. The summed E-state index contributed by atoms with van der Waals surface area (Å²) >= 11 is 1.55. The molecule has 21 heavy (non-hydrogen) atoms. The molecule has 2 heterocycles. The third-order valence-corrected chi connectivity index (χ3v) is 3.99. The Hall–Kier alpha value is -2.21. The largest absolute Gasteiger partial charge is 0.478 e. The van der Waals surface area contributed by atoms with Gasteiger partial charge in [-0.1, -0.05) is 19.9 Å². The fraction of sp³-hybridized carbons (Fsp3) is 0.267. The number of benzene rings is 1. The van der Waals surface area contributed by atoms with Gasteiger partial charge in [0.25, 0.3) is 0 Å². The average Bonchev–Trinajstić information content (AvgIpc) is 3.07. The predicted octanol–water partition coefficient (Wildman–Crippen LogP) is 3.36. The third-order valence-electron chi connectivity index (χ3n) is 3.36. The number of fused-ring (bicyclic) bond motifs is 1. The molecule has 0 aliphatic rings. The topological polar surface area (TPSA) is 68.0 Å². The highest BCUT2D eigenvalue weighted by molar-refractivity contribution is 7.07. The van der Waals surface area contributed by atoms with Crippen LogP contribution in [-0.2, 0) is 6.54 Å². The van der Waals surface area contributed by atoms with Gasteiger partial charge in [0.1, 0.15) is 11.3 Å². The zero-order chi connectivity index (χ0) is 15.0. The molecule has 3 rings (SSSR count). The van der Waals surface area contributed by atoms with E-state index in [1.54, 1.807) is 29.0 Å². The minimum absolute atomic E-state index is 0.206. The molecule has 1 aromatic carbocycles. The number of hydrogen-bond donors (Lipinski definition) is 1.